The number of amides is 1. The first kappa shape index (κ1) is 21.4. The normalized spacial score (nSPS) is 14.2. The van der Waals surface area contributed by atoms with E-state index in [0.29, 0.717) is 0 Å². The third kappa shape index (κ3) is 7.39. The molecule has 0 bridgehead atoms. The number of ketones is 1. The molecule has 0 saturated heterocycles. The third-order valence-corrected chi connectivity index (χ3v) is 4.19. The molecule has 140 valence electrons. The Morgan fingerprint density at radius 2 is 1.60 bits per heavy atom. The summed E-state index contributed by atoms with van der Waals surface area (Å²) in [5.41, 5.74) is 1.86. The highest BCUT2D eigenvalue weighted by atomic mass is 16.2. The van der Waals surface area contributed by atoms with Crippen molar-refractivity contribution in [2.45, 2.75) is 72.9 Å². The fraction of sp³-hybridized carbons (Fsp3) is 0.619. The number of benzene rings is 1. The number of hydrogen-bond donors (Lipinski definition) is 2. The average Bonchev–Trinajstić information content (AvgIpc) is 2.52. The Labute approximate surface area is 152 Å². The van der Waals surface area contributed by atoms with Crippen molar-refractivity contribution in [3.05, 3.63) is 29.8 Å². The number of aryl methyl sites for hydroxylation is 1. The van der Waals surface area contributed by atoms with E-state index in [0.717, 1.165) is 12.1 Å². The topological polar surface area (TPSA) is 58.2 Å². The van der Waals surface area contributed by atoms with Crippen LogP contribution in [0.5, 0.6) is 0 Å². The minimum Gasteiger partial charge on any atom is -0.326 e. The zero-order chi connectivity index (χ0) is 19.2. The van der Waals surface area contributed by atoms with Crippen LogP contribution in [0.3, 0.4) is 0 Å². The maximum Gasteiger partial charge on any atom is 0.227 e. The molecule has 25 heavy (non-hydrogen) atoms. The van der Waals surface area contributed by atoms with E-state index >= 15 is 0 Å². The molecule has 0 fully saturated rings. The Balaban J connectivity index is 2.66. The summed E-state index contributed by atoms with van der Waals surface area (Å²) in [6.45, 7) is 14.1. The lowest BCUT2D eigenvalue weighted by molar-refractivity contribution is -0.127. The summed E-state index contributed by atoms with van der Waals surface area (Å²) in [6, 6.07) is 7.59. The highest BCUT2D eigenvalue weighted by molar-refractivity contribution is 5.96. The van der Waals surface area contributed by atoms with E-state index in [4.69, 9.17) is 0 Å². The van der Waals surface area contributed by atoms with Gasteiger partial charge in [-0.2, -0.15) is 0 Å². The molecule has 4 nitrogen and oxygen atoms in total. The summed E-state index contributed by atoms with van der Waals surface area (Å²) in [5, 5.41) is 6.28. The Hall–Kier alpha value is -1.68. The summed E-state index contributed by atoms with van der Waals surface area (Å²) < 4.78 is 0. The van der Waals surface area contributed by atoms with Gasteiger partial charge in [0.05, 0.1) is 6.04 Å². The first-order valence-corrected chi connectivity index (χ1v) is 9.23. The molecule has 1 amide bonds. The first-order chi connectivity index (χ1) is 11.5. The van der Waals surface area contributed by atoms with Crippen molar-refractivity contribution in [1.29, 1.82) is 0 Å². The van der Waals surface area contributed by atoms with Crippen LogP contribution < -0.4 is 10.6 Å². The Morgan fingerprint density at radius 3 is 2.04 bits per heavy atom. The van der Waals surface area contributed by atoms with Crippen LogP contribution in [-0.2, 0) is 16.0 Å². The Kier molecular flexibility index (Phi) is 7.81. The van der Waals surface area contributed by atoms with E-state index < -0.39 is 0 Å². The van der Waals surface area contributed by atoms with E-state index in [1.807, 2.05) is 65.8 Å². The van der Waals surface area contributed by atoms with E-state index in [1.54, 1.807) is 0 Å². The maximum absolute atomic E-state index is 12.7. The van der Waals surface area contributed by atoms with E-state index in [9.17, 15) is 9.59 Å². The predicted molar refractivity (Wildman–Crippen MR) is 105 cm³/mol. The second-order valence-corrected chi connectivity index (χ2v) is 8.23. The molecule has 2 atom stereocenters. The highest BCUT2D eigenvalue weighted by Gasteiger charge is 2.28. The lowest BCUT2D eigenvalue weighted by Crippen LogP contribution is -2.50. The van der Waals surface area contributed by atoms with Crippen molar-refractivity contribution in [2.24, 2.45) is 11.8 Å². The molecular formula is C21H34N2O2. The summed E-state index contributed by atoms with van der Waals surface area (Å²) in [5.74, 6) is -0.199. The van der Waals surface area contributed by atoms with Gasteiger partial charge in [-0.3, -0.25) is 9.59 Å². The smallest absolute Gasteiger partial charge is 0.227 e. The van der Waals surface area contributed by atoms with Gasteiger partial charge in [-0.05, 0) is 50.8 Å². The minimum atomic E-state index is -0.360. The maximum atomic E-state index is 12.7. The van der Waals surface area contributed by atoms with Gasteiger partial charge in [-0.1, -0.05) is 39.8 Å². The second kappa shape index (κ2) is 9.14. The van der Waals surface area contributed by atoms with Gasteiger partial charge in [0.15, 0.2) is 5.78 Å². The van der Waals surface area contributed by atoms with Crippen LogP contribution in [0.15, 0.2) is 24.3 Å². The molecule has 0 aliphatic heterocycles. The molecule has 4 heteroatoms. The van der Waals surface area contributed by atoms with Crippen molar-refractivity contribution in [1.82, 2.24) is 5.32 Å². The zero-order valence-corrected chi connectivity index (χ0v) is 16.8. The van der Waals surface area contributed by atoms with Gasteiger partial charge in [0.2, 0.25) is 5.91 Å². The van der Waals surface area contributed by atoms with Crippen LogP contribution in [0.2, 0.25) is 0 Å². The van der Waals surface area contributed by atoms with Gasteiger partial charge in [-0.25, -0.2) is 0 Å². The SMILES string of the molecule is CCc1ccc(NC(=O)[C@H](C)CC(=O)C(NC(C)(C)C)C(C)C)cc1. The van der Waals surface area contributed by atoms with Crippen LogP contribution in [-0.4, -0.2) is 23.3 Å². The van der Waals surface area contributed by atoms with Crippen molar-refractivity contribution >= 4 is 17.4 Å². The molecule has 0 aromatic heterocycles. The number of rotatable bonds is 8. The van der Waals surface area contributed by atoms with E-state index in [-0.39, 0.29) is 41.5 Å². The Morgan fingerprint density at radius 1 is 1.04 bits per heavy atom. The lowest BCUT2D eigenvalue weighted by Gasteiger charge is -2.30. The van der Waals surface area contributed by atoms with Crippen LogP contribution in [0, 0.1) is 11.8 Å². The molecule has 1 unspecified atom stereocenters. The number of anilines is 1. The minimum absolute atomic E-state index is 0.0916. The molecule has 2 N–H and O–H groups in total. The lowest BCUT2D eigenvalue weighted by atomic mass is 9.91. The van der Waals surface area contributed by atoms with Crippen molar-refractivity contribution in [3.63, 3.8) is 0 Å². The summed E-state index contributed by atoms with van der Waals surface area (Å²) >= 11 is 0. The van der Waals surface area contributed by atoms with Crippen LogP contribution in [0.1, 0.15) is 60.5 Å². The molecule has 1 rings (SSSR count). The van der Waals surface area contributed by atoms with Crippen molar-refractivity contribution < 1.29 is 9.59 Å². The molecule has 0 aliphatic carbocycles. The fourth-order valence-corrected chi connectivity index (χ4v) is 2.70. The van der Waals surface area contributed by atoms with Gasteiger partial charge in [-0.15, -0.1) is 0 Å². The van der Waals surface area contributed by atoms with Crippen molar-refractivity contribution in [3.8, 4) is 0 Å². The van der Waals surface area contributed by atoms with E-state index in [2.05, 4.69) is 17.6 Å². The highest BCUT2D eigenvalue weighted by Crippen LogP contribution is 2.16. The van der Waals surface area contributed by atoms with E-state index in [1.165, 1.54) is 5.56 Å². The molecule has 0 heterocycles. The molecule has 0 aliphatic rings. The molecular weight excluding hydrogens is 312 g/mol. The van der Waals surface area contributed by atoms with Crippen LogP contribution in [0.4, 0.5) is 5.69 Å². The monoisotopic (exact) mass is 346 g/mol. The number of carbonyl (C=O) groups excluding carboxylic acids is 2. The molecule has 0 radical (unpaired) electrons. The molecule has 0 spiro atoms. The number of Topliss-reactive ketones (excluding diaryl/α,β-unsaturated/α-hetero) is 1. The summed E-state index contributed by atoms with van der Waals surface area (Å²) in [6.07, 6.45) is 1.21. The number of hydrogen-bond acceptors (Lipinski definition) is 3. The first-order valence-electron chi connectivity index (χ1n) is 9.23. The number of carbonyl (C=O) groups is 2. The van der Waals surface area contributed by atoms with Gasteiger partial charge in [0.1, 0.15) is 0 Å². The van der Waals surface area contributed by atoms with Gasteiger partial charge >= 0.3 is 0 Å². The van der Waals surface area contributed by atoms with Crippen LogP contribution in [0.25, 0.3) is 0 Å². The van der Waals surface area contributed by atoms with Gasteiger partial charge in [0, 0.05) is 23.6 Å². The number of nitrogens with one attached hydrogen (secondary N) is 2. The van der Waals surface area contributed by atoms with Crippen LogP contribution >= 0.6 is 0 Å². The average molecular weight is 347 g/mol. The summed E-state index contributed by atoms with van der Waals surface area (Å²) in [4.78, 5) is 25.1. The van der Waals surface area contributed by atoms with Crippen molar-refractivity contribution in [2.75, 3.05) is 5.32 Å². The fourth-order valence-electron chi connectivity index (χ4n) is 2.70. The van der Waals surface area contributed by atoms with Gasteiger partial charge < -0.3 is 10.6 Å². The zero-order valence-electron chi connectivity index (χ0n) is 16.8. The second-order valence-electron chi connectivity index (χ2n) is 8.23. The molecule has 0 saturated carbocycles. The molecule has 1 aromatic carbocycles. The Bertz CT molecular complexity index is 571. The molecule has 1 aromatic rings. The standard InChI is InChI=1S/C21H34N2O2/c1-8-16-9-11-17(12-10-16)22-20(25)15(4)13-18(24)19(14(2)3)23-21(5,6)7/h9-12,14-15,19,23H,8,13H2,1-7H3,(H,22,25)/t15-,19?/m1/s1. The third-order valence-electron chi connectivity index (χ3n) is 4.19. The quantitative estimate of drug-likeness (QED) is 0.742. The largest absolute Gasteiger partial charge is 0.326 e. The summed E-state index contributed by atoms with van der Waals surface area (Å²) in [7, 11) is 0. The predicted octanol–water partition coefficient (Wildman–Crippen LogP) is 4.20. The van der Waals surface area contributed by atoms with Gasteiger partial charge in [0.25, 0.3) is 0 Å².